The van der Waals surface area contributed by atoms with Crippen molar-refractivity contribution in [2.45, 2.75) is 32.8 Å². The van der Waals surface area contributed by atoms with Crippen LogP contribution < -0.4 is 0 Å². The van der Waals surface area contributed by atoms with Crippen molar-refractivity contribution in [3.63, 3.8) is 0 Å². The molecule has 0 aliphatic heterocycles. The molecular weight excluding hydrogens is 244 g/mol. The van der Waals surface area contributed by atoms with Gasteiger partial charge in [-0.15, -0.1) is 0 Å². The molecule has 0 unspecified atom stereocenters. The number of aliphatic hydroxyl groups excluding tert-OH is 1. The molecule has 0 fully saturated rings. The SMILES string of the molecule is C=CO[C@H]1C=C[C@](C)(CCC(=O)OC)[C@H]1[C@H](C)CO. The summed E-state index contributed by atoms with van der Waals surface area (Å²) in [5.41, 5.74) is -0.177. The Balaban J connectivity index is 2.81. The summed E-state index contributed by atoms with van der Waals surface area (Å²) in [7, 11) is 1.40. The van der Waals surface area contributed by atoms with Crippen LogP contribution in [-0.4, -0.2) is 30.9 Å². The number of aliphatic hydroxyl groups is 1. The molecule has 4 nitrogen and oxygen atoms in total. The molecule has 0 radical (unpaired) electrons. The van der Waals surface area contributed by atoms with Gasteiger partial charge in [-0.3, -0.25) is 4.79 Å². The molecule has 0 aromatic heterocycles. The Kier molecular flexibility index (Phi) is 5.60. The van der Waals surface area contributed by atoms with E-state index in [4.69, 9.17) is 9.47 Å². The molecule has 0 aromatic rings. The first kappa shape index (κ1) is 15.8. The molecule has 0 heterocycles. The Bertz CT molecular complexity index is 350. The summed E-state index contributed by atoms with van der Waals surface area (Å²) >= 11 is 0. The summed E-state index contributed by atoms with van der Waals surface area (Å²) in [5.74, 6) is 0.000804. The Hall–Kier alpha value is -1.29. The number of rotatable bonds is 7. The predicted octanol–water partition coefficient (Wildman–Crippen LogP) is 2.29. The van der Waals surface area contributed by atoms with E-state index in [-0.39, 0.29) is 35.9 Å². The van der Waals surface area contributed by atoms with Crippen molar-refractivity contribution < 1.29 is 19.4 Å². The maximum absolute atomic E-state index is 11.3. The zero-order valence-corrected chi connectivity index (χ0v) is 12.0. The van der Waals surface area contributed by atoms with Crippen LogP contribution in [0.2, 0.25) is 0 Å². The quantitative estimate of drug-likeness (QED) is 0.437. The molecule has 19 heavy (non-hydrogen) atoms. The maximum Gasteiger partial charge on any atom is 0.305 e. The zero-order chi connectivity index (χ0) is 14.5. The Morgan fingerprint density at radius 2 is 2.32 bits per heavy atom. The number of carbonyl (C=O) groups is 1. The second kappa shape index (κ2) is 6.75. The van der Waals surface area contributed by atoms with E-state index in [9.17, 15) is 9.90 Å². The highest BCUT2D eigenvalue weighted by atomic mass is 16.5. The summed E-state index contributed by atoms with van der Waals surface area (Å²) in [5, 5.41) is 9.44. The molecule has 1 aliphatic rings. The zero-order valence-electron chi connectivity index (χ0n) is 12.0. The number of ether oxygens (including phenoxy) is 2. The molecule has 0 amide bonds. The lowest BCUT2D eigenvalue weighted by molar-refractivity contribution is -0.141. The minimum atomic E-state index is -0.210. The average molecular weight is 268 g/mol. The lowest BCUT2D eigenvalue weighted by atomic mass is 9.70. The minimum Gasteiger partial charge on any atom is -0.494 e. The monoisotopic (exact) mass is 268 g/mol. The van der Waals surface area contributed by atoms with Crippen molar-refractivity contribution in [1.82, 2.24) is 0 Å². The van der Waals surface area contributed by atoms with Gasteiger partial charge in [0.05, 0.1) is 13.4 Å². The van der Waals surface area contributed by atoms with Crippen LogP contribution in [0.25, 0.3) is 0 Å². The molecule has 4 heteroatoms. The molecule has 1 N–H and O–H groups in total. The Morgan fingerprint density at radius 1 is 1.63 bits per heavy atom. The first-order chi connectivity index (χ1) is 8.98. The summed E-state index contributed by atoms with van der Waals surface area (Å²) in [4.78, 5) is 11.3. The minimum absolute atomic E-state index is 0.0857. The summed E-state index contributed by atoms with van der Waals surface area (Å²) < 4.78 is 10.2. The van der Waals surface area contributed by atoms with Crippen LogP contribution in [0.15, 0.2) is 25.0 Å². The van der Waals surface area contributed by atoms with Crippen LogP contribution in [0.4, 0.5) is 0 Å². The fourth-order valence-corrected chi connectivity index (χ4v) is 2.97. The van der Waals surface area contributed by atoms with Gasteiger partial charge in [0, 0.05) is 18.9 Å². The fraction of sp³-hybridized carbons (Fsp3) is 0.667. The molecule has 4 atom stereocenters. The van der Waals surface area contributed by atoms with E-state index in [0.29, 0.717) is 12.8 Å². The van der Waals surface area contributed by atoms with E-state index >= 15 is 0 Å². The summed E-state index contributed by atoms with van der Waals surface area (Å²) in [6, 6.07) is 0. The van der Waals surface area contributed by atoms with Gasteiger partial charge in [0.2, 0.25) is 0 Å². The van der Waals surface area contributed by atoms with Crippen molar-refractivity contribution in [2.75, 3.05) is 13.7 Å². The second-order valence-corrected chi connectivity index (χ2v) is 5.39. The van der Waals surface area contributed by atoms with Gasteiger partial charge in [0.15, 0.2) is 0 Å². The van der Waals surface area contributed by atoms with Gasteiger partial charge in [-0.1, -0.05) is 26.5 Å². The first-order valence-electron chi connectivity index (χ1n) is 6.62. The number of allylic oxidation sites excluding steroid dienone is 1. The third kappa shape index (κ3) is 3.60. The van der Waals surface area contributed by atoms with E-state index in [1.54, 1.807) is 0 Å². The molecule has 1 aliphatic carbocycles. The van der Waals surface area contributed by atoms with Gasteiger partial charge in [-0.2, -0.15) is 0 Å². The number of hydrogen-bond donors (Lipinski definition) is 1. The van der Waals surface area contributed by atoms with Crippen LogP contribution in [0.3, 0.4) is 0 Å². The van der Waals surface area contributed by atoms with Crippen LogP contribution in [0, 0.1) is 17.3 Å². The fourth-order valence-electron chi connectivity index (χ4n) is 2.97. The highest BCUT2D eigenvalue weighted by Crippen LogP contribution is 2.46. The van der Waals surface area contributed by atoms with Crippen LogP contribution in [0.1, 0.15) is 26.7 Å². The average Bonchev–Trinajstić information content (AvgIpc) is 2.73. The van der Waals surface area contributed by atoms with E-state index in [1.165, 1.54) is 13.4 Å². The maximum atomic E-state index is 11.3. The number of esters is 1. The molecule has 1 rings (SSSR count). The van der Waals surface area contributed by atoms with E-state index in [0.717, 1.165) is 0 Å². The topological polar surface area (TPSA) is 55.8 Å². The third-order valence-corrected chi connectivity index (χ3v) is 4.03. The summed E-state index contributed by atoms with van der Waals surface area (Å²) in [6.07, 6.45) is 6.46. The number of hydrogen-bond acceptors (Lipinski definition) is 4. The molecular formula is C15H24O4. The van der Waals surface area contributed by atoms with E-state index in [2.05, 4.69) is 19.6 Å². The van der Waals surface area contributed by atoms with Gasteiger partial charge < -0.3 is 14.6 Å². The largest absolute Gasteiger partial charge is 0.494 e. The Morgan fingerprint density at radius 3 is 2.84 bits per heavy atom. The standard InChI is InChI=1S/C15H24O4/c1-5-19-12-6-8-15(3,9-7-13(17)18-4)14(12)11(2)10-16/h5-6,8,11-12,14,16H,1,7,9-10H2,2-4H3/t11-,12+,14+,15-/m1/s1. The highest BCUT2D eigenvalue weighted by Gasteiger charge is 2.44. The molecule has 0 aromatic carbocycles. The molecule has 0 saturated heterocycles. The van der Waals surface area contributed by atoms with Gasteiger partial charge in [-0.05, 0) is 23.8 Å². The van der Waals surface area contributed by atoms with Crippen molar-refractivity contribution in [1.29, 1.82) is 0 Å². The normalized spacial score (nSPS) is 30.9. The third-order valence-electron chi connectivity index (χ3n) is 4.03. The molecule has 0 saturated carbocycles. The Labute approximate surface area is 115 Å². The predicted molar refractivity (Wildman–Crippen MR) is 73.3 cm³/mol. The smallest absolute Gasteiger partial charge is 0.305 e. The lowest BCUT2D eigenvalue weighted by Crippen LogP contribution is -2.36. The first-order valence-corrected chi connectivity index (χ1v) is 6.62. The van der Waals surface area contributed by atoms with Crippen LogP contribution in [-0.2, 0) is 14.3 Å². The number of methoxy groups -OCH3 is 1. The molecule has 0 bridgehead atoms. The van der Waals surface area contributed by atoms with Crippen LogP contribution in [0.5, 0.6) is 0 Å². The van der Waals surface area contributed by atoms with Gasteiger partial charge in [-0.25, -0.2) is 0 Å². The second-order valence-electron chi connectivity index (χ2n) is 5.39. The van der Waals surface area contributed by atoms with Crippen molar-refractivity contribution in [3.05, 3.63) is 25.0 Å². The number of carbonyl (C=O) groups excluding carboxylic acids is 1. The van der Waals surface area contributed by atoms with Crippen molar-refractivity contribution in [3.8, 4) is 0 Å². The van der Waals surface area contributed by atoms with E-state index < -0.39 is 0 Å². The molecule has 108 valence electrons. The summed E-state index contributed by atoms with van der Waals surface area (Å²) in [6.45, 7) is 7.77. The van der Waals surface area contributed by atoms with Crippen molar-refractivity contribution in [2.24, 2.45) is 17.3 Å². The lowest BCUT2D eigenvalue weighted by Gasteiger charge is -2.37. The van der Waals surface area contributed by atoms with Gasteiger partial charge in [0.25, 0.3) is 0 Å². The van der Waals surface area contributed by atoms with Gasteiger partial charge in [0.1, 0.15) is 6.10 Å². The van der Waals surface area contributed by atoms with E-state index in [1.807, 2.05) is 13.0 Å². The molecule has 0 spiro atoms. The van der Waals surface area contributed by atoms with Crippen LogP contribution >= 0.6 is 0 Å². The van der Waals surface area contributed by atoms with Gasteiger partial charge >= 0.3 is 5.97 Å². The highest BCUT2D eigenvalue weighted by molar-refractivity contribution is 5.69. The van der Waals surface area contributed by atoms with Crippen molar-refractivity contribution >= 4 is 5.97 Å².